The summed E-state index contributed by atoms with van der Waals surface area (Å²) in [5.41, 5.74) is 3.68. The minimum Gasteiger partial charge on any atom is -0.493 e. The molecule has 0 fully saturated rings. The molecule has 0 aliphatic heterocycles. The molecule has 4 aromatic rings. The molecule has 0 aliphatic carbocycles. The molecular weight excluding hydrogens is 342 g/mol. The first-order valence-electron chi connectivity index (χ1n) is 8.33. The number of methoxy groups -OCH3 is 2. The fraction of sp³-hybridized carbons (Fsp3) is 0.150. The molecule has 4 rings (SSSR count). The van der Waals surface area contributed by atoms with Gasteiger partial charge in [-0.05, 0) is 31.2 Å². The second kappa shape index (κ2) is 6.50. The molecule has 0 spiro atoms. The first kappa shape index (κ1) is 16.7. The van der Waals surface area contributed by atoms with Crippen LogP contribution >= 0.6 is 0 Å². The SMILES string of the molecule is COc1cccc(/C=N/n2c3ccccc3n3c(C#N)c(C)nc23)c1OC. The van der Waals surface area contributed by atoms with Crippen LogP contribution in [-0.2, 0) is 0 Å². The van der Waals surface area contributed by atoms with Gasteiger partial charge in [-0.25, -0.2) is 4.98 Å². The van der Waals surface area contributed by atoms with Crippen molar-refractivity contribution < 1.29 is 9.47 Å². The second-order valence-electron chi connectivity index (χ2n) is 5.92. The van der Waals surface area contributed by atoms with Crippen LogP contribution in [0.4, 0.5) is 0 Å². The summed E-state index contributed by atoms with van der Waals surface area (Å²) >= 11 is 0. The van der Waals surface area contributed by atoms with Gasteiger partial charge in [0.15, 0.2) is 11.5 Å². The Morgan fingerprint density at radius 1 is 1.07 bits per heavy atom. The van der Waals surface area contributed by atoms with Gasteiger partial charge in [0.25, 0.3) is 0 Å². The number of rotatable bonds is 4. The van der Waals surface area contributed by atoms with Crippen LogP contribution in [-0.4, -0.2) is 34.5 Å². The Morgan fingerprint density at radius 3 is 2.56 bits per heavy atom. The highest BCUT2D eigenvalue weighted by Crippen LogP contribution is 2.30. The minimum atomic E-state index is 0.508. The average molecular weight is 359 g/mol. The van der Waals surface area contributed by atoms with Crippen LogP contribution in [0.15, 0.2) is 47.6 Å². The van der Waals surface area contributed by atoms with Crippen LogP contribution in [0.1, 0.15) is 17.0 Å². The summed E-state index contributed by atoms with van der Waals surface area (Å²) in [4.78, 5) is 4.54. The first-order chi connectivity index (χ1) is 13.2. The predicted octanol–water partition coefficient (Wildman–Crippen LogP) is 3.37. The zero-order valence-corrected chi connectivity index (χ0v) is 15.2. The van der Waals surface area contributed by atoms with Crippen molar-refractivity contribution in [3.05, 3.63) is 59.4 Å². The van der Waals surface area contributed by atoms with Gasteiger partial charge in [-0.15, -0.1) is 0 Å². The third-order valence-electron chi connectivity index (χ3n) is 4.43. The van der Waals surface area contributed by atoms with Gasteiger partial charge in [-0.2, -0.15) is 15.0 Å². The number of hydrogen-bond donors (Lipinski definition) is 0. The molecule has 7 heteroatoms. The van der Waals surface area contributed by atoms with E-state index in [0.29, 0.717) is 28.7 Å². The number of benzene rings is 2. The molecule has 0 aliphatic rings. The summed E-state index contributed by atoms with van der Waals surface area (Å²) in [6.07, 6.45) is 1.70. The van der Waals surface area contributed by atoms with Crippen LogP contribution in [0.25, 0.3) is 16.8 Å². The van der Waals surface area contributed by atoms with Crippen molar-refractivity contribution in [1.82, 2.24) is 14.1 Å². The molecule has 27 heavy (non-hydrogen) atoms. The summed E-state index contributed by atoms with van der Waals surface area (Å²) < 4.78 is 14.4. The highest BCUT2D eigenvalue weighted by atomic mass is 16.5. The van der Waals surface area contributed by atoms with Crippen molar-refractivity contribution in [2.45, 2.75) is 6.92 Å². The van der Waals surface area contributed by atoms with E-state index in [9.17, 15) is 5.26 Å². The number of aromatic nitrogens is 3. The quantitative estimate of drug-likeness (QED) is 0.524. The Labute approximate surface area is 155 Å². The van der Waals surface area contributed by atoms with Crippen molar-refractivity contribution in [1.29, 1.82) is 5.26 Å². The Morgan fingerprint density at radius 2 is 1.85 bits per heavy atom. The van der Waals surface area contributed by atoms with Crippen LogP contribution in [0.3, 0.4) is 0 Å². The number of para-hydroxylation sites is 3. The summed E-state index contributed by atoms with van der Waals surface area (Å²) in [7, 11) is 3.19. The van der Waals surface area contributed by atoms with E-state index in [2.05, 4.69) is 16.2 Å². The number of ether oxygens (including phenoxy) is 2. The standard InChI is InChI=1S/C20H17N5O2/c1-13-17(11-21)24-15-8-4-5-9-16(15)25(20(24)23-13)22-12-14-7-6-10-18(26-2)19(14)27-3/h4-10,12H,1-3H3/b22-12+. The molecule has 0 saturated heterocycles. The fourth-order valence-electron chi connectivity index (χ4n) is 3.20. The number of imidazole rings is 2. The minimum absolute atomic E-state index is 0.508. The molecule has 0 radical (unpaired) electrons. The van der Waals surface area contributed by atoms with Crippen LogP contribution in [0, 0.1) is 18.3 Å². The largest absolute Gasteiger partial charge is 0.493 e. The van der Waals surface area contributed by atoms with Gasteiger partial charge in [0.1, 0.15) is 11.8 Å². The van der Waals surface area contributed by atoms with Crippen molar-refractivity contribution in [2.24, 2.45) is 5.10 Å². The zero-order chi connectivity index (χ0) is 19.0. The van der Waals surface area contributed by atoms with E-state index >= 15 is 0 Å². The lowest BCUT2D eigenvalue weighted by atomic mass is 10.2. The number of nitriles is 1. The molecule has 0 unspecified atom stereocenters. The smallest absolute Gasteiger partial charge is 0.237 e. The fourth-order valence-corrected chi connectivity index (χ4v) is 3.20. The average Bonchev–Trinajstić information content (AvgIpc) is 3.18. The summed E-state index contributed by atoms with van der Waals surface area (Å²) in [5.74, 6) is 1.82. The van der Waals surface area contributed by atoms with Crippen LogP contribution in [0.2, 0.25) is 0 Å². The molecule has 2 heterocycles. The third-order valence-corrected chi connectivity index (χ3v) is 4.43. The van der Waals surface area contributed by atoms with E-state index < -0.39 is 0 Å². The maximum Gasteiger partial charge on any atom is 0.237 e. The molecule has 2 aromatic carbocycles. The summed E-state index contributed by atoms with van der Waals surface area (Å²) in [6.45, 7) is 1.82. The number of aryl methyl sites for hydroxylation is 1. The normalized spacial score (nSPS) is 11.3. The Hall–Kier alpha value is -3.79. The lowest BCUT2D eigenvalue weighted by Gasteiger charge is -2.09. The molecular formula is C20H17N5O2. The topological polar surface area (TPSA) is 76.8 Å². The van der Waals surface area contributed by atoms with Crippen LogP contribution in [0.5, 0.6) is 11.5 Å². The third kappa shape index (κ3) is 2.50. The molecule has 0 atom stereocenters. The van der Waals surface area contributed by atoms with Gasteiger partial charge in [0.05, 0.1) is 37.2 Å². The van der Waals surface area contributed by atoms with E-state index in [1.807, 2.05) is 53.8 Å². The molecule has 0 bridgehead atoms. The lowest BCUT2D eigenvalue weighted by molar-refractivity contribution is 0.354. The molecule has 134 valence electrons. The Kier molecular flexibility index (Phi) is 4.01. The van der Waals surface area contributed by atoms with E-state index in [4.69, 9.17) is 9.47 Å². The first-order valence-corrected chi connectivity index (χ1v) is 8.33. The summed E-state index contributed by atoms with van der Waals surface area (Å²) in [6, 6.07) is 15.6. The van der Waals surface area contributed by atoms with Crippen molar-refractivity contribution in [3.8, 4) is 17.6 Å². The van der Waals surface area contributed by atoms with Crippen molar-refractivity contribution in [3.63, 3.8) is 0 Å². The molecule has 0 N–H and O–H groups in total. The number of hydrogen-bond acceptors (Lipinski definition) is 5. The number of fused-ring (bicyclic) bond motifs is 3. The van der Waals surface area contributed by atoms with E-state index in [0.717, 1.165) is 16.6 Å². The van der Waals surface area contributed by atoms with Crippen molar-refractivity contribution >= 4 is 23.0 Å². The predicted molar refractivity (Wildman–Crippen MR) is 103 cm³/mol. The van der Waals surface area contributed by atoms with Gasteiger partial charge in [0.2, 0.25) is 5.78 Å². The Bertz CT molecular complexity index is 1230. The molecule has 0 amide bonds. The van der Waals surface area contributed by atoms with E-state index in [1.54, 1.807) is 25.1 Å². The molecule has 0 saturated carbocycles. The number of nitrogens with zero attached hydrogens (tertiary/aromatic N) is 5. The monoisotopic (exact) mass is 359 g/mol. The maximum atomic E-state index is 9.52. The zero-order valence-electron chi connectivity index (χ0n) is 15.2. The highest BCUT2D eigenvalue weighted by molar-refractivity contribution is 5.87. The maximum absolute atomic E-state index is 9.52. The van der Waals surface area contributed by atoms with Gasteiger partial charge in [-0.3, -0.25) is 4.40 Å². The van der Waals surface area contributed by atoms with E-state index in [1.165, 1.54) is 0 Å². The molecule has 7 nitrogen and oxygen atoms in total. The Balaban J connectivity index is 1.95. The van der Waals surface area contributed by atoms with Gasteiger partial charge in [0, 0.05) is 5.56 Å². The van der Waals surface area contributed by atoms with Gasteiger partial charge >= 0.3 is 0 Å². The summed E-state index contributed by atoms with van der Waals surface area (Å²) in [5, 5.41) is 14.1. The van der Waals surface area contributed by atoms with E-state index in [-0.39, 0.29) is 0 Å². The van der Waals surface area contributed by atoms with Crippen molar-refractivity contribution in [2.75, 3.05) is 14.2 Å². The van der Waals surface area contributed by atoms with Gasteiger partial charge in [-0.1, -0.05) is 18.2 Å². The van der Waals surface area contributed by atoms with Crippen LogP contribution < -0.4 is 9.47 Å². The van der Waals surface area contributed by atoms with Gasteiger partial charge < -0.3 is 9.47 Å². The second-order valence-corrected chi connectivity index (χ2v) is 5.92. The lowest BCUT2D eigenvalue weighted by Crippen LogP contribution is -1.97. The molecule has 2 aromatic heterocycles. The highest BCUT2D eigenvalue weighted by Gasteiger charge is 2.17.